The van der Waals surface area contributed by atoms with E-state index in [-0.39, 0.29) is 0 Å². The van der Waals surface area contributed by atoms with Gasteiger partial charge < -0.3 is 9.84 Å². The van der Waals surface area contributed by atoms with Gasteiger partial charge in [-0.25, -0.2) is 9.47 Å². The molecule has 4 nitrogen and oxygen atoms in total. The third-order valence-corrected chi connectivity index (χ3v) is 4.77. The Morgan fingerprint density at radius 3 is 2.44 bits per heavy atom. The van der Waals surface area contributed by atoms with Crippen LogP contribution in [-0.2, 0) is 18.8 Å². The molecule has 1 N–H and O–H groups in total. The Balaban J connectivity index is 1.76. The van der Waals surface area contributed by atoms with Crippen LogP contribution in [0.25, 0.3) is 0 Å². The summed E-state index contributed by atoms with van der Waals surface area (Å²) in [6.45, 7) is 1.12. The van der Waals surface area contributed by atoms with Crippen molar-refractivity contribution in [1.29, 1.82) is 0 Å². The smallest absolute Gasteiger partial charge is 0.279 e. The van der Waals surface area contributed by atoms with Gasteiger partial charge in [0.2, 0.25) is 0 Å². The molecule has 0 saturated carbocycles. The Morgan fingerprint density at radius 1 is 1.00 bits per heavy atom. The van der Waals surface area contributed by atoms with E-state index in [9.17, 15) is 5.11 Å². The second kappa shape index (κ2) is 6.22. The standard InChI is InChI=1S/C21H21N2O2/c1-25-19-12-10-18(11-13-19)21(24)16-22-14-6-5-9-20(22)23(21)15-17-7-3-2-4-8-17/h2-14,24H,15-16H2,1H3/q+1/t21-/m1/s1. The molecule has 0 unspecified atom stereocenters. The predicted molar refractivity (Wildman–Crippen MR) is 96.2 cm³/mol. The molecule has 0 saturated heterocycles. The zero-order valence-corrected chi connectivity index (χ0v) is 14.2. The molecule has 0 fully saturated rings. The Labute approximate surface area is 147 Å². The molecule has 1 aromatic heterocycles. The van der Waals surface area contributed by atoms with E-state index in [4.69, 9.17) is 4.74 Å². The van der Waals surface area contributed by atoms with Gasteiger partial charge in [-0.15, -0.1) is 0 Å². The maximum absolute atomic E-state index is 11.6. The number of aromatic nitrogens is 1. The summed E-state index contributed by atoms with van der Waals surface area (Å²) < 4.78 is 7.34. The Hall–Kier alpha value is -2.85. The van der Waals surface area contributed by atoms with Gasteiger partial charge in [0.1, 0.15) is 12.3 Å². The minimum absolute atomic E-state index is 0.488. The highest BCUT2D eigenvalue weighted by atomic mass is 16.5. The van der Waals surface area contributed by atoms with E-state index < -0.39 is 5.72 Å². The van der Waals surface area contributed by atoms with Gasteiger partial charge in [-0.2, -0.15) is 0 Å². The van der Waals surface area contributed by atoms with Crippen molar-refractivity contribution < 1.29 is 14.4 Å². The van der Waals surface area contributed by atoms with Crippen LogP contribution in [0, 0.1) is 0 Å². The van der Waals surface area contributed by atoms with Crippen molar-refractivity contribution in [1.82, 2.24) is 0 Å². The van der Waals surface area contributed by atoms with E-state index in [0.717, 1.165) is 22.7 Å². The molecule has 0 radical (unpaired) electrons. The number of hydrogen-bond donors (Lipinski definition) is 1. The van der Waals surface area contributed by atoms with E-state index in [2.05, 4.69) is 21.6 Å². The molecule has 3 aromatic rings. The molecule has 4 heteroatoms. The third kappa shape index (κ3) is 2.75. The number of hydrogen-bond acceptors (Lipinski definition) is 3. The van der Waals surface area contributed by atoms with Crippen LogP contribution in [0.3, 0.4) is 0 Å². The van der Waals surface area contributed by atoms with Crippen LogP contribution in [0.15, 0.2) is 79.0 Å². The van der Waals surface area contributed by atoms with Crippen LogP contribution in [0.2, 0.25) is 0 Å². The number of nitrogens with zero attached hydrogens (tertiary/aromatic N) is 2. The minimum atomic E-state index is -1.10. The monoisotopic (exact) mass is 333 g/mol. The van der Waals surface area contributed by atoms with E-state index in [1.165, 1.54) is 0 Å². The van der Waals surface area contributed by atoms with E-state index in [1.54, 1.807) is 7.11 Å². The number of pyridine rings is 1. The fraction of sp³-hybridized carbons (Fsp3) is 0.190. The largest absolute Gasteiger partial charge is 0.497 e. The molecule has 0 aliphatic carbocycles. The van der Waals surface area contributed by atoms with Crippen molar-refractivity contribution in [3.63, 3.8) is 0 Å². The Bertz CT molecular complexity index is 865. The highest BCUT2D eigenvalue weighted by Crippen LogP contribution is 2.36. The SMILES string of the molecule is COc1ccc([C@]2(O)C[n+]3ccccc3N2Cc2ccccc2)cc1. The Kier molecular flexibility index (Phi) is 3.90. The quantitative estimate of drug-likeness (QED) is 0.746. The lowest BCUT2D eigenvalue weighted by Gasteiger charge is -2.27. The zero-order valence-electron chi connectivity index (χ0n) is 14.2. The van der Waals surface area contributed by atoms with Crippen LogP contribution in [0.1, 0.15) is 11.1 Å². The van der Waals surface area contributed by atoms with Gasteiger partial charge in [0.05, 0.1) is 13.3 Å². The molecule has 25 heavy (non-hydrogen) atoms. The van der Waals surface area contributed by atoms with Crippen LogP contribution < -0.4 is 14.2 Å². The van der Waals surface area contributed by atoms with Gasteiger partial charge >= 0.3 is 0 Å². The average molecular weight is 333 g/mol. The summed E-state index contributed by atoms with van der Waals surface area (Å²) in [5.74, 6) is 1.79. The zero-order chi connectivity index (χ0) is 17.3. The molecular formula is C21H21N2O2+. The minimum Gasteiger partial charge on any atom is -0.497 e. The molecule has 126 valence electrons. The summed E-state index contributed by atoms with van der Waals surface area (Å²) in [4.78, 5) is 2.06. The van der Waals surface area contributed by atoms with Crippen LogP contribution in [0.4, 0.5) is 5.82 Å². The first kappa shape index (κ1) is 15.7. The molecule has 2 heterocycles. The first-order valence-electron chi connectivity index (χ1n) is 8.38. The topological polar surface area (TPSA) is 36.6 Å². The number of ether oxygens (including phenoxy) is 1. The number of benzene rings is 2. The van der Waals surface area contributed by atoms with Crippen molar-refractivity contribution in [2.24, 2.45) is 0 Å². The van der Waals surface area contributed by atoms with Crippen molar-refractivity contribution in [3.8, 4) is 5.75 Å². The fourth-order valence-corrected chi connectivity index (χ4v) is 3.44. The van der Waals surface area contributed by atoms with Gasteiger partial charge in [-0.05, 0) is 35.9 Å². The Morgan fingerprint density at radius 2 is 1.72 bits per heavy atom. The van der Waals surface area contributed by atoms with E-state index in [0.29, 0.717) is 13.1 Å². The number of anilines is 1. The van der Waals surface area contributed by atoms with Crippen molar-refractivity contribution in [3.05, 3.63) is 90.1 Å². The summed E-state index contributed by atoms with van der Waals surface area (Å²) in [5.41, 5.74) is 0.913. The lowest BCUT2D eigenvalue weighted by molar-refractivity contribution is -0.683. The summed E-state index contributed by atoms with van der Waals surface area (Å²) >= 11 is 0. The van der Waals surface area contributed by atoms with Crippen LogP contribution >= 0.6 is 0 Å². The van der Waals surface area contributed by atoms with Crippen LogP contribution in [0.5, 0.6) is 5.75 Å². The molecule has 2 aromatic carbocycles. The van der Waals surface area contributed by atoms with Gasteiger partial charge in [0.15, 0.2) is 6.54 Å². The predicted octanol–water partition coefficient (Wildman–Crippen LogP) is 2.85. The third-order valence-electron chi connectivity index (χ3n) is 4.77. The highest BCUT2D eigenvalue weighted by molar-refractivity contribution is 5.45. The van der Waals surface area contributed by atoms with E-state index >= 15 is 0 Å². The van der Waals surface area contributed by atoms with Gasteiger partial charge in [0.25, 0.3) is 11.5 Å². The van der Waals surface area contributed by atoms with Crippen molar-refractivity contribution in [2.45, 2.75) is 18.8 Å². The molecular weight excluding hydrogens is 312 g/mol. The van der Waals surface area contributed by atoms with Crippen molar-refractivity contribution >= 4 is 5.82 Å². The number of rotatable bonds is 4. The second-order valence-electron chi connectivity index (χ2n) is 6.30. The number of aliphatic hydroxyl groups is 1. The lowest BCUT2D eigenvalue weighted by atomic mass is 10.0. The molecule has 1 aliphatic heterocycles. The van der Waals surface area contributed by atoms with Crippen molar-refractivity contribution in [2.75, 3.05) is 12.0 Å². The highest BCUT2D eigenvalue weighted by Gasteiger charge is 2.51. The molecule has 0 bridgehead atoms. The summed E-state index contributed by atoms with van der Waals surface area (Å²) in [7, 11) is 1.65. The van der Waals surface area contributed by atoms with Gasteiger partial charge in [0, 0.05) is 11.6 Å². The summed E-state index contributed by atoms with van der Waals surface area (Å²) in [6.07, 6.45) is 2.01. The molecule has 4 rings (SSSR count). The summed E-state index contributed by atoms with van der Waals surface area (Å²) in [5, 5.41) is 11.6. The molecule has 0 amide bonds. The van der Waals surface area contributed by atoms with Gasteiger partial charge in [-0.1, -0.05) is 36.4 Å². The first-order valence-corrected chi connectivity index (χ1v) is 8.38. The number of methoxy groups -OCH3 is 1. The first-order chi connectivity index (χ1) is 12.2. The maximum atomic E-state index is 11.6. The second-order valence-corrected chi connectivity index (χ2v) is 6.30. The number of fused-ring (bicyclic) bond motifs is 1. The lowest BCUT2D eigenvalue weighted by Crippen LogP contribution is -2.45. The molecule has 0 spiro atoms. The maximum Gasteiger partial charge on any atom is 0.279 e. The fourth-order valence-electron chi connectivity index (χ4n) is 3.44. The molecule has 1 atom stereocenters. The van der Waals surface area contributed by atoms with Crippen LogP contribution in [-0.4, -0.2) is 12.2 Å². The van der Waals surface area contributed by atoms with E-state index in [1.807, 2.05) is 66.9 Å². The summed E-state index contributed by atoms with van der Waals surface area (Å²) in [6, 6.07) is 23.9. The average Bonchev–Trinajstić information content (AvgIpc) is 2.96. The molecule has 1 aliphatic rings. The van der Waals surface area contributed by atoms with Gasteiger partial charge in [-0.3, -0.25) is 0 Å². The normalized spacial score (nSPS) is 18.9.